The highest BCUT2D eigenvalue weighted by Crippen LogP contribution is 2.32. The molecular weight excluding hydrogens is 330 g/mol. The van der Waals surface area contributed by atoms with E-state index < -0.39 is 11.0 Å². The number of aliphatic hydroxyl groups is 1. The van der Waals surface area contributed by atoms with Gasteiger partial charge in [0.1, 0.15) is 0 Å². The summed E-state index contributed by atoms with van der Waals surface area (Å²) < 4.78 is 1.02. The molecule has 1 unspecified atom stereocenters. The van der Waals surface area contributed by atoms with E-state index in [-0.39, 0.29) is 5.69 Å². The Bertz CT molecular complexity index is 575. The van der Waals surface area contributed by atoms with Gasteiger partial charge in [0.2, 0.25) is 0 Å². The van der Waals surface area contributed by atoms with E-state index in [4.69, 9.17) is 0 Å². The summed E-state index contributed by atoms with van der Waals surface area (Å²) >= 11 is 4.94. The number of hydrogen-bond donors (Lipinski definition) is 1. The van der Waals surface area contributed by atoms with Crippen molar-refractivity contribution in [2.75, 3.05) is 0 Å². The molecule has 1 aromatic heterocycles. The third-order valence-corrected chi connectivity index (χ3v) is 5.02. The Kier molecular flexibility index (Phi) is 4.34. The first-order valence-electron chi connectivity index (χ1n) is 5.64. The number of hydrogen-bond acceptors (Lipinski definition) is 4. The molecule has 0 aliphatic heterocycles. The third kappa shape index (κ3) is 3.40. The van der Waals surface area contributed by atoms with Gasteiger partial charge < -0.3 is 5.11 Å². The molecule has 4 nitrogen and oxygen atoms in total. The van der Waals surface area contributed by atoms with Crippen LogP contribution in [0.5, 0.6) is 0 Å². The van der Waals surface area contributed by atoms with Crippen LogP contribution in [0.25, 0.3) is 0 Å². The molecule has 0 radical (unpaired) electrons. The van der Waals surface area contributed by atoms with E-state index in [1.165, 1.54) is 23.5 Å². The van der Waals surface area contributed by atoms with Gasteiger partial charge in [-0.3, -0.25) is 10.1 Å². The lowest BCUT2D eigenvalue weighted by Gasteiger charge is -2.08. The molecular formula is C13H12BrNO3S. The molecule has 19 heavy (non-hydrogen) atoms. The van der Waals surface area contributed by atoms with E-state index >= 15 is 0 Å². The largest absolute Gasteiger partial charge is 0.387 e. The van der Waals surface area contributed by atoms with Crippen LogP contribution in [0.3, 0.4) is 0 Å². The number of rotatable bonds is 4. The van der Waals surface area contributed by atoms with E-state index in [0.29, 0.717) is 6.42 Å². The molecule has 2 aromatic rings. The number of nitrogens with zero attached hydrogens (tertiary/aromatic N) is 1. The van der Waals surface area contributed by atoms with Crippen molar-refractivity contribution in [3.05, 3.63) is 60.2 Å². The zero-order chi connectivity index (χ0) is 14.0. The predicted octanol–water partition coefficient (Wildman–Crippen LogP) is 4.00. The standard InChI is InChI=1S/C13H12BrNO3S/c1-8-6-12(19-13(8)14)11(16)7-9-2-4-10(5-3-9)15(17)18/h2-6,11,16H,7H2,1H3. The molecule has 0 saturated heterocycles. The van der Waals surface area contributed by atoms with Crippen molar-refractivity contribution in [1.29, 1.82) is 0 Å². The summed E-state index contributed by atoms with van der Waals surface area (Å²) in [6.07, 6.45) is -0.138. The summed E-state index contributed by atoms with van der Waals surface area (Å²) in [6.45, 7) is 1.97. The fourth-order valence-corrected chi connectivity index (χ4v) is 3.28. The van der Waals surface area contributed by atoms with Crippen LogP contribution in [-0.2, 0) is 6.42 Å². The smallest absolute Gasteiger partial charge is 0.269 e. The second kappa shape index (κ2) is 5.81. The van der Waals surface area contributed by atoms with Gasteiger partial charge in [-0.05, 0) is 40.0 Å². The van der Waals surface area contributed by atoms with E-state index in [9.17, 15) is 15.2 Å². The topological polar surface area (TPSA) is 63.4 Å². The molecule has 0 spiro atoms. The average Bonchev–Trinajstić information content (AvgIpc) is 2.70. The van der Waals surface area contributed by atoms with E-state index in [2.05, 4.69) is 15.9 Å². The molecule has 0 saturated carbocycles. The Balaban J connectivity index is 2.10. The number of non-ortho nitro benzene ring substituents is 1. The van der Waals surface area contributed by atoms with Crippen LogP contribution in [-0.4, -0.2) is 10.0 Å². The van der Waals surface area contributed by atoms with Gasteiger partial charge in [-0.25, -0.2) is 0 Å². The monoisotopic (exact) mass is 341 g/mol. The van der Waals surface area contributed by atoms with E-state index in [0.717, 1.165) is 19.8 Å². The van der Waals surface area contributed by atoms with Crippen molar-refractivity contribution >= 4 is 33.0 Å². The summed E-state index contributed by atoms with van der Waals surface area (Å²) in [5.41, 5.74) is 2.04. The maximum atomic E-state index is 10.5. The van der Waals surface area contributed by atoms with Crippen molar-refractivity contribution in [2.24, 2.45) is 0 Å². The lowest BCUT2D eigenvalue weighted by atomic mass is 10.1. The second-order valence-electron chi connectivity index (χ2n) is 4.25. The number of aryl methyl sites for hydroxylation is 1. The summed E-state index contributed by atoms with van der Waals surface area (Å²) in [6, 6.07) is 8.22. The Morgan fingerprint density at radius 1 is 1.42 bits per heavy atom. The van der Waals surface area contributed by atoms with E-state index in [1.807, 2.05) is 13.0 Å². The minimum absolute atomic E-state index is 0.0629. The molecule has 100 valence electrons. The zero-order valence-electron chi connectivity index (χ0n) is 10.2. The Labute approximate surface area is 123 Å². The molecule has 1 N–H and O–H groups in total. The number of nitro groups is 1. The lowest BCUT2D eigenvalue weighted by molar-refractivity contribution is -0.384. The Morgan fingerprint density at radius 2 is 2.05 bits per heavy atom. The minimum atomic E-state index is -0.587. The van der Waals surface area contributed by atoms with Gasteiger partial charge in [-0.1, -0.05) is 12.1 Å². The van der Waals surface area contributed by atoms with Gasteiger partial charge in [0.05, 0.1) is 14.8 Å². The molecule has 0 aliphatic rings. The Hall–Kier alpha value is -1.24. The molecule has 6 heteroatoms. The van der Waals surface area contributed by atoms with Gasteiger partial charge >= 0.3 is 0 Å². The summed E-state index contributed by atoms with van der Waals surface area (Å²) in [4.78, 5) is 11.0. The van der Waals surface area contributed by atoms with Crippen LogP contribution in [0, 0.1) is 17.0 Å². The van der Waals surface area contributed by atoms with Gasteiger partial charge in [0, 0.05) is 23.4 Å². The average molecular weight is 342 g/mol. The van der Waals surface area contributed by atoms with Crippen LogP contribution in [0.2, 0.25) is 0 Å². The van der Waals surface area contributed by atoms with Gasteiger partial charge in [0.15, 0.2) is 0 Å². The van der Waals surface area contributed by atoms with Crippen LogP contribution >= 0.6 is 27.3 Å². The van der Waals surface area contributed by atoms with Gasteiger partial charge in [-0.15, -0.1) is 11.3 Å². The maximum Gasteiger partial charge on any atom is 0.269 e. The first-order chi connectivity index (χ1) is 8.97. The molecule has 0 fully saturated rings. The highest BCUT2D eigenvalue weighted by atomic mass is 79.9. The summed E-state index contributed by atoms with van der Waals surface area (Å²) in [7, 11) is 0. The van der Waals surface area contributed by atoms with Crippen LogP contribution in [0.4, 0.5) is 5.69 Å². The van der Waals surface area contributed by atoms with Crippen molar-refractivity contribution < 1.29 is 10.0 Å². The quantitative estimate of drug-likeness (QED) is 0.675. The summed E-state index contributed by atoms with van der Waals surface area (Å²) in [5, 5.41) is 20.7. The number of benzene rings is 1. The SMILES string of the molecule is Cc1cc(C(O)Cc2ccc([N+](=O)[O-])cc2)sc1Br. The van der Waals surface area contributed by atoms with Crippen LogP contribution < -0.4 is 0 Å². The molecule has 0 amide bonds. The lowest BCUT2D eigenvalue weighted by Crippen LogP contribution is -1.99. The second-order valence-corrected chi connectivity index (χ2v) is 6.65. The van der Waals surface area contributed by atoms with Crippen molar-refractivity contribution in [3.8, 4) is 0 Å². The highest BCUT2D eigenvalue weighted by molar-refractivity contribution is 9.11. The molecule has 1 heterocycles. The maximum absolute atomic E-state index is 10.5. The molecule has 0 aliphatic carbocycles. The van der Waals surface area contributed by atoms with Crippen molar-refractivity contribution in [3.63, 3.8) is 0 Å². The number of thiophene rings is 1. The number of nitro benzene ring substituents is 1. The summed E-state index contributed by atoms with van der Waals surface area (Å²) in [5.74, 6) is 0. The molecule has 1 atom stereocenters. The van der Waals surface area contributed by atoms with Crippen LogP contribution in [0.1, 0.15) is 22.1 Å². The fraction of sp³-hybridized carbons (Fsp3) is 0.231. The minimum Gasteiger partial charge on any atom is -0.387 e. The number of halogens is 1. The Morgan fingerprint density at radius 3 is 2.53 bits per heavy atom. The van der Waals surface area contributed by atoms with Gasteiger partial charge in [-0.2, -0.15) is 0 Å². The molecule has 0 bridgehead atoms. The number of aliphatic hydroxyl groups excluding tert-OH is 1. The first-order valence-corrected chi connectivity index (χ1v) is 7.25. The predicted molar refractivity (Wildman–Crippen MR) is 78.5 cm³/mol. The van der Waals surface area contributed by atoms with E-state index in [1.54, 1.807) is 12.1 Å². The van der Waals surface area contributed by atoms with Crippen LogP contribution in [0.15, 0.2) is 34.1 Å². The first kappa shape index (κ1) is 14.2. The highest BCUT2D eigenvalue weighted by Gasteiger charge is 2.14. The zero-order valence-corrected chi connectivity index (χ0v) is 12.6. The van der Waals surface area contributed by atoms with Crippen molar-refractivity contribution in [1.82, 2.24) is 0 Å². The normalized spacial score (nSPS) is 12.4. The van der Waals surface area contributed by atoms with Crippen molar-refractivity contribution in [2.45, 2.75) is 19.4 Å². The van der Waals surface area contributed by atoms with Gasteiger partial charge in [0.25, 0.3) is 5.69 Å². The molecule has 1 aromatic carbocycles. The third-order valence-electron chi connectivity index (χ3n) is 2.78. The molecule has 2 rings (SSSR count). The fourth-order valence-electron chi connectivity index (χ4n) is 1.73.